The van der Waals surface area contributed by atoms with E-state index in [2.05, 4.69) is 4.90 Å². The average Bonchev–Trinajstić information content (AvgIpc) is 2.58. The molecular formula is C18H30Cl2N2O3. The van der Waals surface area contributed by atoms with Gasteiger partial charge in [0.15, 0.2) is 0 Å². The van der Waals surface area contributed by atoms with Gasteiger partial charge in [-0.25, -0.2) is 0 Å². The predicted octanol–water partition coefficient (Wildman–Crippen LogP) is 2.19. The van der Waals surface area contributed by atoms with Crippen molar-refractivity contribution in [2.45, 2.75) is 38.4 Å². The monoisotopic (exact) mass is 392 g/mol. The van der Waals surface area contributed by atoms with Crippen molar-refractivity contribution in [2.24, 2.45) is 11.7 Å². The van der Waals surface area contributed by atoms with Crippen LogP contribution < -0.4 is 5.73 Å². The zero-order chi connectivity index (χ0) is 16.4. The van der Waals surface area contributed by atoms with Crippen LogP contribution in [0.4, 0.5) is 0 Å². The molecule has 144 valence electrons. The molecule has 1 aromatic carbocycles. The van der Waals surface area contributed by atoms with E-state index in [-0.39, 0.29) is 43.6 Å². The number of phenols is 1. The molecule has 7 heteroatoms. The van der Waals surface area contributed by atoms with Crippen LogP contribution in [0.3, 0.4) is 0 Å². The van der Waals surface area contributed by atoms with Gasteiger partial charge < -0.3 is 25.6 Å². The summed E-state index contributed by atoms with van der Waals surface area (Å²) in [5, 5.41) is 19.5. The van der Waals surface area contributed by atoms with Gasteiger partial charge in [-0.15, -0.1) is 24.8 Å². The van der Waals surface area contributed by atoms with Crippen molar-refractivity contribution in [3.05, 3.63) is 28.8 Å². The van der Waals surface area contributed by atoms with E-state index in [1.54, 1.807) is 0 Å². The summed E-state index contributed by atoms with van der Waals surface area (Å²) in [6.07, 6.45) is 2.92. The van der Waals surface area contributed by atoms with Crippen LogP contribution in [-0.2, 0) is 11.2 Å². The van der Waals surface area contributed by atoms with Gasteiger partial charge in [-0.3, -0.25) is 0 Å². The molecule has 0 unspecified atom stereocenters. The normalized spacial score (nSPS) is 24.1. The van der Waals surface area contributed by atoms with E-state index < -0.39 is 0 Å². The molecule has 2 aliphatic rings. The van der Waals surface area contributed by atoms with Gasteiger partial charge in [0.1, 0.15) is 5.75 Å². The van der Waals surface area contributed by atoms with Crippen molar-refractivity contribution in [2.75, 3.05) is 32.8 Å². The number of β-amino-alcohol motifs (C(OH)–C–C–N with tert-alkyl or cyclic N) is 1. The third-order valence-electron chi connectivity index (χ3n) is 5.40. The maximum Gasteiger partial charge on any atom is 0.122 e. The minimum absolute atomic E-state index is 0. The lowest BCUT2D eigenvalue weighted by molar-refractivity contribution is -0.0651. The van der Waals surface area contributed by atoms with Gasteiger partial charge in [-0.2, -0.15) is 0 Å². The van der Waals surface area contributed by atoms with E-state index in [1.807, 2.05) is 19.1 Å². The van der Waals surface area contributed by atoms with Gasteiger partial charge in [0, 0.05) is 25.1 Å². The molecule has 2 atom stereocenters. The predicted molar refractivity (Wildman–Crippen MR) is 104 cm³/mol. The van der Waals surface area contributed by atoms with Gasteiger partial charge in [0.05, 0.1) is 18.8 Å². The van der Waals surface area contributed by atoms with Crippen molar-refractivity contribution >= 4 is 24.8 Å². The van der Waals surface area contributed by atoms with Crippen LogP contribution in [0.1, 0.15) is 35.6 Å². The number of rotatable bonds is 4. The molecule has 0 amide bonds. The highest BCUT2D eigenvalue weighted by Crippen LogP contribution is 2.40. The van der Waals surface area contributed by atoms with Crippen LogP contribution >= 0.6 is 24.8 Å². The number of piperidine rings is 1. The highest BCUT2D eigenvalue weighted by molar-refractivity contribution is 5.85. The summed E-state index contributed by atoms with van der Waals surface area (Å²) in [6, 6.07) is 3.98. The molecule has 5 nitrogen and oxygen atoms in total. The van der Waals surface area contributed by atoms with E-state index in [0.29, 0.717) is 18.2 Å². The lowest BCUT2D eigenvalue weighted by Crippen LogP contribution is -2.42. The topological polar surface area (TPSA) is 79.0 Å². The Bertz CT molecular complexity index is 551. The number of aromatic hydroxyl groups is 1. The first-order valence-corrected chi connectivity index (χ1v) is 8.64. The number of fused-ring (bicyclic) bond motifs is 1. The molecule has 0 bridgehead atoms. The molecule has 1 aromatic rings. The highest BCUT2D eigenvalue weighted by Gasteiger charge is 2.35. The molecule has 0 aliphatic carbocycles. The zero-order valence-corrected chi connectivity index (χ0v) is 16.3. The molecule has 0 saturated carbocycles. The molecule has 0 radical (unpaired) electrons. The van der Waals surface area contributed by atoms with Gasteiger partial charge in [-0.05, 0) is 49.9 Å². The molecule has 1 fully saturated rings. The number of phenolic OH excluding ortho intramolecular Hbond substituents is 1. The standard InChI is InChI=1S/C18H28N2O3.2ClH/c1-12-2-3-14-15(18(12)22)10-16(23-17(14)11-19)13-4-6-20(7-5-13)8-9-21;;/h2-3,13,16-17,21-22H,4-11,19H2,1H3;2*1H/t16-,17-;;/m0../s1. The zero-order valence-electron chi connectivity index (χ0n) is 14.7. The maximum atomic E-state index is 10.5. The van der Waals surface area contributed by atoms with Crippen LogP contribution in [-0.4, -0.2) is 54.0 Å². The first-order chi connectivity index (χ1) is 11.1. The fraction of sp³-hybridized carbons (Fsp3) is 0.667. The number of hydrogen-bond acceptors (Lipinski definition) is 5. The average molecular weight is 393 g/mol. The molecule has 4 N–H and O–H groups in total. The Balaban J connectivity index is 0.00000156. The van der Waals surface area contributed by atoms with Crippen molar-refractivity contribution in [3.63, 3.8) is 0 Å². The Labute approximate surface area is 162 Å². The third-order valence-corrected chi connectivity index (χ3v) is 5.40. The van der Waals surface area contributed by atoms with Gasteiger partial charge in [0.2, 0.25) is 0 Å². The number of halogens is 2. The number of benzene rings is 1. The summed E-state index contributed by atoms with van der Waals surface area (Å²) in [7, 11) is 0. The summed E-state index contributed by atoms with van der Waals surface area (Å²) in [4.78, 5) is 2.30. The number of nitrogens with zero attached hydrogens (tertiary/aromatic N) is 1. The van der Waals surface area contributed by atoms with Crippen molar-refractivity contribution in [3.8, 4) is 5.75 Å². The molecule has 2 heterocycles. The lowest BCUT2D eigenvalue weighted by Gasteiger charge is -2.40. The Morgan fingerprint density at radius 1 is 1.24 bits per heavy atom. The Kier molecular flexibility index (Phi) is 8.95. The van der Waals surface area contributed by atoms with Crippen LogP contribution in [0.2, 0.25) is 0 Å². The molecule has 0 spiro atoms. The number of aliphatic hydroxyl groups excluding tert-OH is 1. The van der Waals surface area contributed by atoms with Crippen LogP contribution in [0.15, 0.2) is 12.1 Å². The third kappa shape index (κ3) is 4.79. The summed E-state index contributed by atoms with van der Waals surface area (Å²) in [6.45, 7) is 5.36. The van der Waals surface area contributed by atoms with Crippen LogP contribution in [0.25, 0.3) is 0 Å². The van der Waals surface area contributed by atoms with E-state index >= 15 is 0 Å². The molecule has 3 rings (SSSR count). The second kappa shape index (κ2) is 9.95. The molecule has 0 aromatic heterocycles. The SMILES string of the molecule is Cc1ccc2c(c1O)C[C@@H](C1CCN(CCO)CC1)O[C@H]2CN.Cl.Cl. The maximum absolute atomic E-state index is 10.5. The van der Waals surface area contributed by atoms with Gasteiger partial charge >= 0.3 is 0 Å². The molecule has 2 aliphatic heterocycles. The van der Waals surface area contributed by atoms with E-state index in [4.69, 9.17) is 15.6 Å². The second-order valence-electron chi connectivity index (χ2n) is 6.80. The molecule has 25 heavy (non-hydrogen) atoms. The fourth-order valence-electron chi connectivity index (χ4n) is 3.97. The lowest BCUT2D eigenvalue weighted by atomic mass is 9.83. The van der Waals surface area contributed by atoms with Crippen LogP contribution in [0, 0.1) is 12.8 Å². The first-order valence-electron chi connectivity index (χ1n) is 8.64. The number of nitrogens with two attached hydrogens (primary N) is 1. The number of aryl methyl sites for hydroxylation is 1. The number of ether oxygens (including phenoxy) is 1. The van der Waals surface area contributed by atoms with Crippen molar-refractivity contribution < 1.29 is 14.9 Å². The number of aliphatic hydroxyl groups is 1. The number of likely N-dealkylation sites (tertiary alicyclic amines) is 1. The minimum Gasteiger partial charge on any atom is -0.507 e. The van der Waals surface area contributed by atoms with Crippen molar-refractivity contribution in [1.29, 1.82) is 0 Å². The van der Waals surface area contributed by atoms with E-state index in [1.165, 1.54) is 0 Å². The Morgan fingerprint density at radius 3 is 2.52 bits per heavy atom. The Morgan fingerprint density at radius 2 is 1.92 bits per heavy atom. The second-order valence-corrected chi connectivity index (χ2v) is 6.80. The first kappa shape index (κ1) is 22.5. The fourth-order valence-corrected chi connectivity index (χ4v) is 3.97. The minimum atomic E-state index is -0.120. The quantitative estimate of drug-likeness (QED) is 0.731. The summed E-state index contributed by atoms with van der Waals surface area (Å²) < 4.78 is 6.29. The highest BCUT2D eigenvalue weighted by atomic mass is 35.5. The summed E-state index contributed by atoms with van der Waals surface area (Å²) in [5.74, 6) is 0.902. The van der Waals surface area contributed by atoms with E-state index in [0.717, 1.165) is 55.6 Å². The summed E-state index contributed by atoms with van der Waals surface area (Å²) >= 11 is 0. The van der Waals surface area contributed by atoms with E-state index in [9.17, 15) is 5.11 Å². The summed E-state index contributed by atoms with van der Waals surface area (Å²) in [5.41, 5.74) is 8.90. The van der Waals surface area contributed by atoms with Gasteiger partial charge in [0.25, 0.3) is 0 Å². The Hall–Kier alpha value is -0.560. The van der Waals surface area contributed by atoms with Crippen LogP contribution in [0.5, 0.6) is 5.75 Å². The van der Waals surface area contributed by atoms with Crippen molar-refractivity contribution in [1.82, 2.24) is 4.90 Å². The largest absolute Gasteiger partial charge is 0.507 e. The molecule has 1 saturated heterocycles. The molecular weight excluding hydrogens is 363 g/mol. The van der Waals surface area contributed by atoms with Gasteiger partial charge in [-0.1, -0.05) is 12.1 Å². The smallest absolute Gasteiger partial charge is 0.122 e. The number of hydrogen-bond donors (Lipinski definition) is 3.